The quantitative estimate of drug-likeness (QED) is 0.160. The molecule has 4 aliphatic rings. The molecule has 22 heteroatoms. The summed E-state index contributed by atoms with van der Waals surface area (Å²) in [4.78, 5) is 106. The number of hydrogen-bond donors (Lipinski definition) is 5. The van der Waals surface area contributed by atoms with Crippen LogP contribution in [0.25, 0.3) is 0 Å². The smallest absolute Gasteiger partial charge is 0.446 e. The highest BCUT2D eigenvalue weighted by Gasteiger charge is 2.59. The Bertz CT molecular complexity index is 2050. The third-order valence-electron chi connectivity index (χ3n) is 8.82. The Balaban J connectivity index is 0.000000227. The summed E-state index contributed by atoms with van der Waals surface area (Å²) in [7, 11) is 3.00. The van der Waals surface area contributed by atoms with Crippen LogP contribution >= 0.6 is 0 Å². The summed E-state index contributed by atoms with van der Waals surface area (Å²) < 4.78 is 47.2. The maximum absolute atomic E-state index is 13.0. The van der Waals surface area contributed by atoms with Crippen LogP contribution in [0.1, 0.15) is 55.9 Å². The number of benzene rings is 2. The van der Waals surface area contributed by atoms with E-state index in [1.165, 1.54) is 14.1 Å². The molecule has 2 heterocycles. The number of nitrogens with zero attached hydrogens (tertiary/aromatic N) is 2. The minimum absolute atomic E-state index is 0.243. The second-order valence-corrected chi connectivity index (χ2v) is 14.0. The molecule has 2 spiro atoms. The molecule has 2 aromatic rings. The summed E-state index contributed by atoms with van der Waals surface area (Å²) in [6.07, 6.45) is -6.03. The van der Waals surface area contributed by atoms with Gasteiger partial charge in [-0.2, -0.15) is 13.2 Å². The molecule has 312 valence electrons. The number of carbonyl (C=O) groups is 9. The van der Waals surface area contributed by atoms with E-state index >= 15 is 0 Å². The number of halogens is 3. The summed E-state index contributed by atoms with van der Waals surface area (Å²) in [6, 6.07) is 9.23. The van der Waals surface area contributed by atoms with E-state index in [2.05, 4.69) is 21.3 Å². The van der Waals surface area contributed by atoms with Crippen LogP contribution in [0.3, 0.4) is 0 Å². The summed E-state index contributed by atoms with van der Waals surface area (Å²) in [5.74, 6) is -3.21. The molecular formula is C36H39F3N6O13. The first-order valence-corrected chi connectivity index (χ1v) is 17.3. The van der Waals surface area contributed by atoms with Gasteiger partial charge < -0.3 is 40.6 Å². The zero-order chi connectivity index (χ0) is 43.4. The van der Waals surface area contributed by atoms with Crippen LogP contribution in [0.4, 0.5) is 43.7 Å². The van der Waals surface area contributed by atoms with E-state index < -0.39 is 78.3 Å². The van der Waals surface area contributed by atoms with E-state index in [4.69, 9.17) is 24.1 Å². The van der Waals surface area contributed by atoms with Crippen LogP contribution in [0.5, 0.6) is 0 Å². The number of aldehydes is 1. The number of carbonyl (C=O) groups excluding carboxylic acids is 8. The van der Waals surface area contributed by atoms with Gasteiger partial charge in [0.15, 0.2) is 0 Å². The molecule has 0 bridgehead atoms. The number of fused-ring (bicyclic) bond motifs is 4. The number of carboxylic acids is 1. The number of urea groups is 2. The number of aryl methyl sites for hydroxylation is 2. The molecule has 2 aromatic carbocycles. The fourth-order valence-electron chi connectivity index (χ4n) is 6.49. The standard InChI is InChI=1S/C19H23N3O6.C15H15N3O6.C2HF3O/c1-18(2,3)27-14(23)10-22-15(24)19(28-17(22)26)8-7-11-9-12(5-6-13(11)19)21-16(25)20-4;1-16-13(22)17-9-2-3-10-8(6-9)4-5-15(10)12(21)18(7-11(19)20)14(23)24-15;3-2(4,5)1-6/h5-6,9H,7-8,10H2,1-4H3,(H2,20,21,25);2-3,6H,4-5,7H2,1H3,(H,19,20)(H2,16,17,22);1H/t19-;15-;/m00./s1. The van der Waals surface area contributed by atoms with Gasteiger partial charge in [-0.1, -0.05) is 12.1 Å². The van der Waals surface area contributed by atoms with Crippen molar-refractivity contribution < 1.29 is 75.6 Å². The summed E-state index contributed by atoms with van der Waals surface area (Å²) in [6.45, 7) is 3.88. The Labute approximate surface area is 327 Å². The van der Waals surface area contributed by atoms with E-state index in [1.807, 2.05) is 0 Å². The zero-order valence-corrected chi connectivity index (χ0v) is 31.7. The Morgan fingerprint density at radius 2 is 1.17 bits per heavy atom. The monoisotopic (exact) mass is 820 g/mol. The van der Waals surface area contributed by atoms with E-state index in [-0.39, 0.29) is 24.9 Å². The van der Waals surface area contributed by atoms with Gasteiger partial charge >= 0.3 is 42.4 Å². The number of hydrogen-bond acceptors (Lipinski definition) is 12. The molecule has 2 aliphatic carbocycles. The van der Waals surface area contributed by atoms with E-state index in [0.717, 1.165) is 16.0 Å². The number of imide groups is 2. The number of ether oxygens (including phenoxy) is 3. The van der Waals surface area contributed by atoms with Crippen molar-refractivity contribution in [3.05, 3.63) is 58.7 Å². The normalized spacial score (nSPS) is 20.1. The lowest BCUT2D eigenvalue weighted by Crippen LogP contribution is -2.41. The minimum Gasteiger partial charge on any atom is -0.480 e. The van der Waals surface area contributed by atoms with Crippen LogP contribution in [-0.4, -0.2) is 108 Å². The highest BCUT2D eigenvalue weighted by Crippen LogP contribution is 2.47. The molecule has 5 N–H and O–H groups in total. The molecule has 0 saturated carbocycles. The van der Waals surface area contributed by atoms with Gasteiger partial charge in [0.25, 0.3) is 11.8 Å². The second-order valence-electron chi connectivity index (χ2n) is 14.0. The van der Waals surface area contributed by atoms with E-state index in [0.29, 0.717) is 40.2 Å². The van der Waals surface area contributed by atoms with Gasteiger partial charge in [0, 0.05) is 49.4 Å². The van der Waals surface area contributed by atoms with Crippen molar-refractivity contribution in [3.63, 3.8) is 0 Å². The van der Waals surface area contributed by atoms with Crippen molar-refractivity contribution in [3.8, 4) is 0 Å². The third kappa shape index (κ3) is 9.61. The molecule has 2 atom stereocenters. The molecule has 0 aromatic heterocycles. The number of amides is 8. The molecular weight excluding hydrogens is 781 g/mol. The number of alkyl halides is 3. The summed E-state index contributed by atoms with van der Waals surface area (Å²) >= 11 is 0. The fraction of sp³-hybridized carbons (Fsp3) is 0.417. The van der Waals surface area contributed by atoms with Gasteiger partial charge in [-0.3, -0.25) is 24.0 Å². The van der Waals surface area contributed by atoms with Crippen LogP contribution in [0.2, 0.25) is 0 Å². The predicted octanol–water partition coefficient (Wildman–Crippen LogP) is 3.29. The Hall–Kier alpha value is -6.74. The van der Waals surface area contributed by atoms with Crippen LogP contribution in [0.15, 0.2) is 36.4 Å². The van der Waals surface area contributed by atoms with E-state index in [9.17, 15) is 51.5 Å². The van der Waals surface area contributed by atoms with Crippen molar-refractivity contribution in [2.24, 2.45) is 0 Å². The molecule has 8 amide bonds. The number of carboxylic acid groups (broad SMARTS) is 1. The highest BCUT2D eigenvalue weighted by atomic mass is 19.4. The van der Waals surface area contributed by atoms with Gasteiger partial charge in [0.2, 0.25) is 17.5 Å². The first kappa shape index (κ1) is 44.0. The van der Waals surface area contributed by atoms with Crippen molar-refractivity contribution in [1.29, 1.82) is 0 Å². The van der Waals surface area contributed by atoms with Crippen molar-refractivity contribution in [1.82, 2.24) is 20.4 Å². The lowest BCUT2D eigenvalue weighted by Gasteiger charge is -2.22. The number of anilines is 2. The SMILES string of the molecule is CNC(=O)Nc1ccc2c(c1)CC[C@]21OC(=O)N(CC(=O)O)C1=O.CNC(=O)Nc1ccc2c(c1)CC[C@]21OC(=O)N(CC(=O)OC(C)(C)C)C1=O.O=CC(F)(F)F. The Kier molecular flexibility index (Phi) is 12.7. The average molecular weight is 821 g/mol. The van der Waals surface area contributed by atoms with Crippen molar-refractivity contribution in [2.45, 2.75) is 69.4 Å². The number of nitrogens with one attached hydrogen (secondary N) is 4. The molecule has 0 radical (unpaired) electrons. The Morgan fingerprint density at radius 3 is 1.52 bits per heavy atom. The molecule has 58 heavy (non-hydrogen) atoms. The first-order chi connectivity index (χ1) is 27.0. The maximum Gasteiger partial charge on any atom is 0.446 e. The molecule has 0 unspecified atom stereocenters. The van der Waals surface area contributed by atoms with Gasteiger partial charge in [-0.05, 0) is 69.0 Å². The first-order valence-electron chi connectivity index (χ1n) is 17.3. The lowest BCUT2D eigenvalue weighted by atomic mass is 9.94. The number of esters is 1. The van der Waals surface area contributed by atoms with Gasteiger partial charge in [-0.25, -0.2) is 29.0 Å². The van der Waals surface area contributed by atoms with Crippen molar-refractivity contribution >= 4 is 65.7 Å². The summed E-state index contributed by atoms with van der Waals surface area (Å²) in [5.41, 5.74) is 0.151. The molecule has 2 saturated heterocycles. The van der Waals surface area contributed by atoms with Gasteiger partial charge in [0.1, 0.15) is 18.7 Å². The third-order valence-corrected chi connectivity index (χ3v) is 8.82. The fourth-order valence-corrected chi connectivity index (χ4v) is 6.49. The van der Waals surface area contributed by atoms with Crippen LogP contribution < -0.4 is 21.3 Å². The van der Waals surface area contributed by atoms with Crippen LogP contribution in [-0.2, 0) is 62.2 Å². The largest absolute Gasteiger partial charge is 0.480 e. The average Bonchev–Trinajstić information content (AvgIpc) is 3.82. The number of rotatable bonds is 6. The van der Waals surface area contributed by atoms with Gasteiger partial charge in [-0.15, -0.1) is 0 Å². The van der Waals surface area contributed by atoms with Gasteiger partial charge in [0.05, 0.1) is 0 Å². The predicted molar refractivity (Wildman–Crippen MR) is 191 cm³/mol. The maximum atomic E-state index is 13.0. The topological polar surface area (TPSA) is 256 Å². The number of aliphatic carboxylic acids is 1. The second kappa shape index (κ2) is 16.8. The molecule has 2 fully saturated rings. The summed E-state index contributed by atoms with van der Waals surface area (Å²) in [5, 5.41) is 19.0. The lowest BCUT2D eigenvalue weighted by molar-refractivity contribution is -0.157. The minimum atomic E-state index is -4.64. The van der Waals surface area contributed by atoms with Crippen molar-refractivity contribution in [2.75, 3.05) is 37.8 Å². The highest BCUT2D eigenvalue weighted by molar-refractivity contribution is 6.07. The molecule has 19 nitrogen and oxygen atoms in total. The molecule has 6 rings (SSSR count). The van der Waals surface area contributed by atoms with E-state index in [1.54, 1.807) is 57.2 Å². The van der Waals surface area contributed by atoms with Crippen LogP contribution in [0, 0.1) is 0 Å². The molecule has 2 aliphatic heterocycles. The zero-order valence-electron chi connectivity index (χ0n) is 31.7. The Morgan fingerprint density at radius 1 is 0.776 bits per heavy atom.